The number of hydrogen-bond donors (Lipinski definition) is 1. The maximum Gasteiger partial charge on any atom is 0.0818 e. The number of hydrogen-bond acceptors (Lipinski definition) is 1. The van der Waals surface area contributed by atoms with Crippen LogP contribution in [-0.2, 0) is 0 Å². The van der Waals surface area contributed by atoms with Gasteiger partial charge in [0.25, 0.3) is 0 Å². The molecular weight excluding hydrogens is 312 g/mol. The minimum atomic E-state index is -0.310. The first-order chi connectivity index (χ1) is 9.63. The van der Waals surface area contributed by atoms with Crippen molar-refractivity contribution >= 4 is 26.7 Å². The molecule has 1 saturated carbocycles. The molecule has 106 valence electrons. The fourth-order valence-corrected chi connectivity index (χ4v) is 3.67. The van der Waals surface area contributed by atoms with E-state index in [0.717, 1.165) is 28.8 Å². The van der Waals surface area contributed by atoms with E-state index in [-0.39, 0.29) is 6.10 Å². The first-order valence-electron chi connectivity index (χ1n) is 7.51. The molecule has 0 spiro atoms. The summed E-state index contributed by atoms with van der Waals surface area (Å²) in [7, 11) is 0. The lowest BCUT2D eigenvalue weighted by Crippen LogP contribution is -2.19. The van der Waals surface area contributed by atoms with E-state index >= 15 is 0 Å². The van der Waals surface area contributed by atoms with Crippen molar-refractivity contribution in [1.82, 2.24) is 0 Å². The highest BCUT2D eigenvalue weighted by Crippen LogP contribution is 2.37. The maximum atomic E-state index is 10.6. The molecule has 2 heteroatoms. The van der Waals surface area contributed by atoms with Crippen LogP contribution in [0, 0.1) is 11.8 Å². The Labute approximate surface area is 129 Å². The van der Waals surface area contributed by atoms with Gasteiger partial charge in [-0.1, -0.05) is 53.9 Å². The SMILES string of the molecule is CC1CCC(C(O)c2ccc3cc(Br)ccc3c2)CC1. The lowest BCUT2D eigenvalue weighted by molar-refractivity contribution is 0.0757. The Morgan fingerprint density at radius 3 is 2.40 bits per heavy atom. The normalized spacial score (nSPS) is 24.8. The summed E-state index contributed by atoms with van der Waals surface area (Å²) in [5, 5.41) is 13.1. The molecule has 0 aromatic heterocycles. The molecule has 1 atom stereocenters. The molecule has 1 unspecified atom stereocenters. The van der Waals surface area contributed by atoms with Crippen LogP contribution < -0.4 is 0 Å². The van der Waals surface area contributed by atoms with Crippen LogP contribution in [0.5, 0.6) is 0 Å². The predicted octanol–water partition coefficient (Wildman–Crippen LogP) is 5.46. The van der Waals surface area contributed by atoms with Crippen LogP contribution in [0.2, 0.25) is 0 Å². The molecule has 0 radical (unpaired) electrons. The first kappa shape index (κ1) is 14.1. The second-order valence-electron chi connectivity index (χ2n) is 6.22. The van der Waals surface area contributed by atoms with E-state index in [0.29, 0.717) is 5.92 Å². The minimum absolute atomic E-state index is 0.310. The summed E-state index contributed by atoms with van der Waals surface area (Å²) in [4.78, 5) is 0. The fraction of sp³-hybridized carbons (Fsp3) is 0.444. The molecule has 1 fully saturated rings. The van der Waals surface area contributed by atoms with Gasteiger partial charge < -0.3 is 5.11 Å². The van der Waals surface area contributed by atoms with Gasteiger partial charge in [0.2, 0.25) is 0 Å². The Bertz CT molecular complexity index is 599. The molecule has 3 rings (SSSR count). The zero-order chi connectivity index (χ0) is 14.1. The Kier molecular flexibility index (Phi) is 4.13. The molecule has 0 bridgehead atoms. The zero-order valence-corrected chi connectivity index (χ0v) is 13.4. The van der Waals surface area contributed by atoms with E-state index in [2.05, 4.69) is 59.3 Å². The van der Waals surface area contributed by atoms with E-state index in [1.807, 2.05) is 0 Å². The molecule has 2 aromatic carbocycles. The zero-order valence-electron chi connectivity index (χ0n) is 11.8. The highest BCUT2D eigenvalue weighted by Gasteiger charge is 2.25. The van der Waals surface area contributed by atoms with Gasteiger partial charge in [-0.25, -0.2) is 0 Å². The number of benzene rings is 2. The topological polar surface area (TPSA) is 20.2 Å². The van der Waals surface area contributed by atoms with Crippen LogP contribution in [0.15, 0.2) is 40.9 Å². The molecule has 2 aromatic rings. The smallest absolute Gasteiger partial charge is 0.0818 e. The van der Waals surface area contributed by atoms with Gasteiger partial charge in [0.05, 0.1) is 6.10 Å². The maximum absolute atomic E-state index is 10.6. The average molecular weight is 333 g/mol. The minimum Gasteiger partial charge on any atom is -0.388 e. The standard InChI is InChI=1S/C18H21BrO/c1-12-2-4-13(5-3-12)18(20)16-7-6-15-11-17(19)9-8-14(15)10-16/h6-13,18,20H,2-5H2,1H3. The van der Waals surface area contributed by atoms with Crippen molar-refractivity contribution in [3.8, 4) is 0 Å². The number of halogens is 1. The van der Waals surface area contributed by atoms with Crippen LogP contribution in [-0.4, -0.2) is 5.11 Å². The van der Waals surface area contributed by atoms with E-state index in [9.17, 15) is 5.11 Å². The van der Waals surface area contributed by atoms with Gasteiger partial charge in [-0.3, -0.25) is 0 Å². The number of fused-ring (bicyclic) bond motifs is 1. The summed E-state index contributed by atoms with van der Waals surface area (Å²) in [6.45, 7) is 2.32. The lowest BCUT2D eigenvalue weighted by atomic mass is 9.78. The van der Waals surface area contributed by atoms with Crippen molar-refractivity contribution in [2.24, 2.45) is 11.8 Å². The van der Waals surface area contributed by atoms with Crippen LogP contribution in [0.4, 0.5) is 0 Å². The van der Waals surface area contributed by atoms with Crippen molar-refractivity contribution in [3.63, 3.8) is 0 Å². The van der Waals surface area contributed by atoms with Gasteiger partial charge in [0.15, 0.2) is 0 Å². The van der Waals surface area contributed by atoms with Gasteiger partial charge in [-0.15, -0.1) is 0 Å². The van der Waals surface area contributed by atoms with Crippen LogP contribution in [0.1, 0.15) is 44.3 Å². The average Bonchev–Trinajstić information content (AvgIpc) is 2.47. The summed E-state index contributed by atoms with van der Waals surface area (Å²) >= 11 is 3.50. The summed E-state index contributed by atoms with van der Waals surface area (Å²) in [6, 6.07) is 12.6. The molecule has 0 aliphatic heterocycles. The molecule has 20 heavy (non-hydrogen) atoms. The van der Waals surface area contributed by atoms with E-state index in [1.54, 1.807) is 0 Å². The number of aliphatic hydroxyl groups is 1. The van der Waals surface area contributed by atoms with Crippen LogP contribution in [0.3, 0.4) is 0 Å². The van der Waals surface area contributed by atoms with Gasteiger partial charge in [-0.2, -0.15) is 0 Å². The summed E-state index contributed by atoms with van der Waals surface area (Å²) in [5.41, 5.74) is 1.07. The lowest BCUT2D eigenvalue weighted by Gasteiger charge is -2.30. The Hall–Kier alpha value is -0.860. The van der Waals surface area contributed by atoms with Gasteiger partial charge in [-0.05, 0) is 59.2 Å². The van der Waals surface area contributed by atoms with E-state index in [4.69, 9.17) is 0 Å². The van der Waals surface area contributed by atoms with Gasteiger partial charge in [0.1, 0.15) is 0 Å². The quantitative estimate of drug-likeness (QED) is 0.773. The molecule has 1 aliphatic carbocycles. The summed E-state index contributed by atoms with van der Waals surface area (Å²) in [5.74, 6) is 1.26. The Balaban J connectivity index is 1.84. The number of rotatable bonds is 2. The molecule has 0 saturated heterocycles. The van der Waals surface area contributed by atoms with Crippen molar-refractivity contribution in [2.45, 2.75) is 38.7 Å². The van der Waals surface area contributed by atoms with Crippen LogP contribution in [0.25, 0.3) is 10.8 Å². The van der Waals surface area contributed by atoms with E-state index < -0.39 is 0 Å². The van der Waals surface area contributed by atoms with Gasteiger partial charge >= 0.3 is 0 Å². The summed E-state index contributed by atoms with van der Waals surface area (Å²) in [6.07, 6.45) is 4.50. The molecule has 0 heterocycles. The monoisotopic (exact) mass is 332 g/mol. The highest BCUT2D eigenvalue weighted by atomic mass is 79.9. The number of aliphatic hydroxyl groups excluding tert-OH is 1. The predicted molar refractivity (Wildman–Crippen MR) is 87.7 cm³/mol. The highest BCUT2D eigenvalue weighted by molar-refractivity contribution is 9.10. The van der Waals surface area contributed by atoms with Crippen molar-refractivity contribution in [2.75, 3.05) is 0 Å². The largest absolute Gasteiger partial charge is 0.388 e. The van der Waals surface area contributed by atoms with Crippen LogP contribution >= 0.6 is 15.9 Å². The van der Waals surface area contributed by atoms with Crippen molar-refractivity contribution in [1.29, 1.82) is 0 Å². The third-order valence-corrected chi connectivity index (χ3v) is 5.17. The van der Waals surface area contributed by atoms with Crippen molar-refractivity contribution < 1.29 is 5.11 Å². The summed E-state index contributed by atoms with van der Waals surface area (Å²) < 4.78 is 1.10. The molecule has 1 N–H and O–H groups in total. The second kappa shape index (κ2) is 5.87. The third-order valence-electron chi connectivity index (χ3n) is 4.67. The molecular formula is C18H21BrO. The first-order valence-corrected chi connectivity index (χ1v) is 8.30. The fourth-order valence-electron chi connectivity index (χ4n) is 3.29. The van der Waals surface area contributed by atoms with Crippen molar-refractivity contribution in [3.05, 3.63) is 46.4 Å². The van der Waals surface area contributed by atoms with E-state index in [1.165, 1.54) is 23.6 Å². The Morgan fingerprint density at radius 1 is 1.00 bits per heavy atom. The molecule has 0 amide bonds. The Morgan fingerprint density at radius 2 is 1.65 bits per heavy atom. The third kappa shape index (κ3) is 2.91. The second-order valence-corrected chi connectivity index (χ2v) is 7.13. The van der Waals surface area contributed by atoms with Gasteiger partial charge in [0, 0.05) is 4.47 Å². The molecule has 1 nitrogen and oxygen atoms in total. The molecule has 1 aliphatic rings.